The van der Waals surface area contributed by atoms with Gasteiger partial charge in [0.2, 0.25) is 0 Å². The Morgan fingerprint density at radius 2 is 0.884 bits per heavy atom. The minimum absolute atomic E-state index is 0.161. The molecule has 6 bridgehead atoms. The average molecular weight is 756 g/mol. The van der Waals surface area contributed by atoms with Crippen LogP contribution in [0.15, 0.2) is 47.8 Å². The molecular formula is C34H32N4O4Pt. The molecule has 8 heterocycles. The molecular weight excluding hydrogens is 723 g/mol. The van der Waals surface area contributed by atoms with Gasteiger partial charge in [-0.25, -0.2) is 0 Å². The van der Waals surface area contributed by atoms with E-state index in [9.17, 15) is 0 Å². The number of nitrogens with zero attached hydrogens (tertiary/aromatic N) is 4. The fraction of sp³-hybridized carbons (Fsp3) is 0.471. The number of rotatable bonds is 0. The van der Waals surface area contributed by atoms with Crippen molar-refractivity contribution in [2.75, 3.05) is 26.4 Å². The fourth-order valence-corrected chi connectivity index (χ4v) is 13.3. The summed E-state index contributed by atoms with van der Waals surface area (Å²) in [5.41, 5.74) is 11.9. The molecule has 2 aliphatic carbocycles. The van der Waals surface area contributed by atoms with E-state index < -0.39 is 17.6 Å². The van der Waals surface area contributed by atoms with Gasteiger partial charge < -0.3 is 0 Å². The van der Waals surface area contributed by atoms with Gasteiger partial charge in [0.25, 0.3) is 0 Å². The summed E-state index contributed by atoms with van der Waals surface area (Å²) < 4.78 is 29.4. The van der Waals surface area contributed by atoms with E-state index in [-0.39, 0.29) is 24.2 Å². The molecule has 4 saturated heterocycles. The molecule has 8 aliphatic heterocycles. The minimum atomic E-state index is -0.673. The van der Waals surface area contributed by atoms with Crippen molar-refractivity contribution in [2.45, 2.75) is 75.5 Å². The Bertz CT molecular complexity index is 1730. The molecule has 4 atom stereocenters. The Kier molecular flexibility index (Phi) is 4.24. The van der Waals surface area contributed by atoms with Crippen LogP contribution in [0.3, 0.4) is 0 Å². The second-order valence-electron chi connectivity index (χ2n) is 13.5. The Morgan fingerprint density at radius 1 is 0.488 bits per heavy atom. The van der Waals surface area contributed by atoms with Gasteiger partial charge in [-0.15, -0.1) is 0 Å². The van der Waals surface area contributed by atoms with Crippen molar-refractivity contribution in [3.63, 3.8) is 0 Å². The number of hydrogen-bond donors (Lipinski definition) is 0. The molecule has 0 aromatic heterocycles. The first-order chi connectivity index (χ1) is 21.3. The second kappa shape index (κ2) is 7.87. The van der Waals surface area contributed by atoms with Gasteiger partial charge >= 0.3 is 259 Å². The van der Waals surface area contributed by atoms with Crippen molar-refractivity contribution in [2.24, 2.45) is 0 Å². The number of ether oxygens (including phenoxy) is 4. The summed E-state index contributed by atoms with van der Waals surface area (Å²) in [4.78, 5) is 10.2. The molecule has 9 heteroatoms. The van der Waals surface area contributed by atoms with Gasteiger partial charge in [-0.2, -0.15) is 0 Å². The average Bonchev–Trinajstić information content (AvgIpc) is 3.87. The molecule has 0 N–H and O–H groups in total. The number of hydrogen-bond acceptors (Lipinski definition) is 8. The van der Waals surface area contributed by atoms with Crippen LogP contribution in [0.1, 0.15) is 94.4 Å². The third-order valence-corrected chi connectivity index (χ3v) is 14.6. The zero-order chi connectivity index (χ0) is 27.6. The van der Waals surface area contributed by atoms with Crippen LogP contribution in [0, 0.1) is 0 Å². The first-order valence-corrected chi connectivity index (χ1v) is 18.4. The predicted molar refractivity (Wildman–Crippen MR) is 152 cm³/mol. The van der Waals surface area contributed by atoms with Gasteiger partial charge in [0.1, 0.15) is 0 Å². The normalized spacial score (nSPS) is 31.4. The molecule has 0 saturated carbocycles. The van der Waals surface area contributed by atoms with Crippen LogP contribution in [0.2, 0.25) is 0 Å². The molecule has 0 amide bonds. The van der Waals surface area contributed by atoms with Gasteiger partial charge in [0.05, 0.1) is 0 Å². The van der Waals surface area contributed by atoms with E-state index in [2.05, 4.69) is 43.9 Å². The molecule has 43 heavy (non-hydrogen) atoms. The van der Waals surface area contributed by atoms with Gasteiger partial charge in [-0.3, -0.25) is 0 Å². The van der Waals surface area contributed by atoms with Gasteiger partial charge in [-0.1, -0.05) is 0 Å². The van der Waals surface area contributed by atoms with Crippen molar-refractivity contribution >= 4 is 8.29 Å². The zero-order valence-corrected chi connectivity index (χ0v) is 26.1. The predicted octanol–water partition coefficient (Wildman–Crippen LogP) is 4.20. The van der Waals surface area contributed by atoms with Crippen molar-refractivity contribution in [3.8, 4) is 0 Å². The number of benzene rings is 2. The Balaban J connectivity index is 1.19. The van der Waals surface area contributed by atoms with Crippen LogP contribution < -0.4 is 0 Å². The van der Waals surface area contributed by atoms with Crippen molar-refractivity contribution in [1.82, 2.24) is 19.6 Å². The number of aryl methyl sites for hydroxylation is 2. The fourth-order valence-electron chi connectivity index (χ4n) is 9.45. The quantitative estimate of drug-likeness (QED) is 0.397. The van der Waals surface area contributed by atoms with Gasteiger partial charge in [-0.05, 0) is 0 Å². The first kappa shape index (κ1) is 23.2. The van der Waals surface area contributed by atoms with E-state index in [1.54, 1.807) is 11.1 Å². The van der Waals surface area contributed by atoms with Crippen LogP contribution in [-0.4, -0.2) is 54.3 Å². The summed E-state index contributed by atoms with van der Waals surface area (Å²) in [5, 5.41) is 0. The van der Waals surface area contributed by atoms with Crippen LogP contribution in [0.4, 0.5) is 0 Å². The summed E-state index contributed by atoms with van der Waals surface area (Å²) in [6.07, 6.45) is 9.72. The molecule has 8 nitrogen and oxygen atoms in total. The summed E-state index contributed by atoms with van der Waals surface area (Å²) >= 11 is -0.673. The maximum absolute atomic E-state index is 6.69. The Labute approximate surface area is 257 Å². The van der Waals surface area contributed by atoms with Gasteiger partial charge in [0.15, 0.2) is 0 Å². The molecule has 2 aromatic rings. The third-order valence-electron chi connectivity index (χ3n) is 11.4. The molecule has 12 rings (SSSR count). The molecule has 0 radical (unpaired) electrons. The van der Waals surface area contributed by atoms with E-state index in [0.29, 0.717) is 26.4 Å². The molecule has 4 unspecified atom stereocenters. The van der Waals surface area contributed by atoms with Gasteiger partial charge in [0, 0.05) is 0 Å². The molecule has 2 aromatic carbocycles. The third kappa shape index (κ3) is 2.72. The SMILES string of the molecule is c1c2cc(c3c1CCCC3)C1COC3=C4OCC5c6cc(cc7c6CCCC7)C6COC7=C8OCC2N8[C](=[Pt]=[C](N31)N45)N76. The van der Waals surface area contributed by atoms with Crippen LogP contribution >= 0.6 is 0 Å². The zero-order valence-electron chi connectivity index (χ0n) is 23.8. The summed E-state index contributed by atoms with van der Waals surface area (Å²) in [6.45, 7) is 2.69. The number of fused-ring (bicyclic) bond motifs is 12. The van der Waals surface area contributed by atoms with E-state index in [1.807, 2.05) is 0 Å². The van der Waals surface area contributed by atoms with E-state index >= 15 is 0 Å². The van der Waals surface area contributed by atoms with Crippen molar-refractivity contribution in [3.05, 3.63) is 92.3 Å². The van der Waals surface area contributed by atoms with Crippen LogP contribution in [0.25, 0.3) is 0 Å². The maximum atomic E-state index is 6.69. The molecule has 0 spiro atoms. The topological polar surface area (TPSA) is 49.9 Å². The van der Waals surface area contributed by atoms with Crippen LogP contribution in [-0.2, 0) is 62.3 Å². The second-order valence-corrected chi connectivity index (χ2v) is 16.1. The summed E-state index contributed by atoms with van der Waals surface area (Å²) in [6, 6.07) is 10.7. The summed E-state index contributed by atoms with van der Waals surface area (Å²) in [7, 11) is 0. The summed E-state index contributed by atoms with van der Waals surface area (Å²) in [5.74, 6) is 3.74. The van der Waals surface area contributed by atoms with Crippen molar-refractivity contribution < 1.29 is 36.6 Å². The van der Waals surface area contributed by atoms with Crippen LogP contribution in [0.5, 0.6) is 0 Å². The van der Waals surface area contributed by atoms with E-state index in [1.165, 1.54) is 67.4 Å². The standard InChI is InChI=1S/C34H32N4O4.Pt/c1-3-7-23-19(5-1)9-21-11-25(23)29-15-41-33-34-38(18-37(29)33)30(16-42-34)26-12-22(10-20-6-2-4-8-24(20)26)28-14-40-32-31-35(17-36(28)32)27(21)13-39-31;/h9-12,27-30H,1-8,13-16H2;. The van der Waals surface area contributed by atoms with E-state index in [0.717, 1.165) is 49.2 Å². The molecule has 10 aliphatic rings. The van der Waals surface area contributed by atoms with E-state index in [4.69, 9.17) is 18.9 Å². The Hall–Kier alpha value is -3.25. The van der Waals surface area contributed by atoms with Crippen molar-refractivity contribution in [1.29, 1.82) is 0 Å². The monoisotopic (exact) mass is 755 g/mol. The molecule has 4 fully saturated rings. The Morgan fingerprint density at radius 3 is 1.35 bits per heavy atom. The molecule has 222 valence electrons. The first-order valence-electron chi connectivity index (χ1n) is 16.1.